The van der Waals surface area contributed by atoms with Crippen LogP contribution >= 0.6 is 0 Å². The summed E-state index contributed by atoms with van der Waals surface area (Å²) in [5.74, 6) is -0.488. The maximum Gasteiger partial charge on any atom is 0.253 e. The number of carbonyl (C=O) groups is 1. The predicted octanol–water partition coefficient (Wildman–Crippen LogP) is 2.89. The van der Waals surface area contributed by atoms with Crippen molar-refractivity contribution in [2.45, 2.75) is 20.0 Å². The van der Waals surface area contributed by atoms with Crippen molar-refractivity contribution in [1.82, 2.24) is 4.90 Å². The maximum absolute atomic E-state index is 13.8. The Morgan fingerprint density at radius 1 is 1.28 bits per heavy atom. The fourth-order valence-corrected chi connectivity index (χ4v) is 2.36. The minimum Gasteiger partial charge on any atom is -0.335 e. The summed E-state index contributed by atoms with van der Waals surface area (Å²) in [5, 5.41) is 0. The van der Waals surface area contributed by atoms with Gasteiger partial charge in [-0.3, -0.25) is 4.79 Å². The first-order chi connectivity index (χ1) is 8.49. The zero-order valence-electron chi connectivity index (χ0n) is 10.6. The van der Waals surface area contributed by atoms with E-state index in [4.69, 9.17) is 0 Å². The molecule has 0 N–H and O–H groups in total. The second-order valence-electron chi connectivity index (χ2n) is 5.14. The van der Waals surface area contributed by atoms with Crippen LogP contribution in [-0.4, -0.2) is 30.1 Å². The predicted molar refractivity (Wildman–Crippen MR) is 65.5 cm³/mol. The molecule has 1 saturated heterocycles. The molecular formula is C14H17F2NO. The molecule has 1 aliphatic rings. The summed E-state index contributed by atoms with van der Waals surface area (Å²) in [7, 11) is 0. The number of alkyl halides is 1. The molecule has 98 valence electrons. The van der Waals surface area contributed by atoms with Crippen LogP contribution in [0.25, 0.3) is 0 Å². The molecule has 0 radical (unpaired) electrons. The Kier molecular flexibility index (Phi) is 3.64. The van der Waals surface area contributed by atoms with Gasteiger partial charge in [0.25, 0.3) is 5.91 Å². The summed E-state index contributed by atoms with van der Waals surface area (Å²) in [4.78, 5) is 13.6. The zero-order valence-corrected chi connectivity index (χ0v) is 10.6. The van der Waals surface area contributed by atoms with Gasteiger partial charge in [0, 0.05) is 18.0 Å². The quantitative estimate of drug-likeness (QED) is 0.793. The van der Waals surface area contributed by atoms with Crippen LogP contribution in [0.4, 0.5) is 8.78 Å². The molecule has 1 unspecified atom stereocenters. The first kappa shape index (κ1) is 13.0. The summed E-state index contributed by atoms with van der Waals surface area (Å²) in [6.45, 7) is 4.50. The van der Waals surface area contributed by atoms with Gasteiger partial charge in [-0.1, -0.05) is 13.8 Å². The first-order valence-electron chi connectivity index (χ1n) is 6.18. The molecule has 0 saturated carbocycles. The van der Waals surface area contributed by atoms with E-state index in [9.17, 15) is 13.6 Å². The average Bonchev–Trinajstić information content (AvgIpc) is 2.71. The SMILES string of the molecule is CC(C)C1CN(C(=O)c2ccc(F)cc2)C[C@@H]1F. The second kappa shape index (κ2) is 5.04. The lowest BCUT2D eigenvalue weighted by Crippen LogP contribution is -2.29. The topological polar surface area (TPSA) is 20.3 Å². The summed E-state index contributed by atoms with van der Waals surface area (Å²) < 4.78 is 26.5. The highest BCUT2D eigenvalue weighted by molar-refractivity contribution is 5.94. The van der Waals surface area contributed by atoms with E-state index in [1.165, 1.54) is 29.2 Å². The third kappa shape index (κ3) is 2.52. The molecule has 4 heteroatoms. The van der Waals surface area contributed by atoms with Crippen molar-refractivity contribution >= 4 is 5.91 Å². The van der Waals surface area contributed by atoms with E-state index >= 15 is 0 Å². The van der Waals surface area contributed by atoms with Gasteiger partial charge in [-0.05, 0) is 30.2 Å². The zero-order chi connectivity index (χ0) is 13.3. The van der Waals surface area contributed by atoms with Gasteiger partial charge < -0.3 is 4.90 Å². The van der Waals surface area contributed by atoms with Crippen LogP contribution in [0.3, 0.4) is 0 Å². The number of halogens is 2. The normalized spacial score (nSPS) is 23.7. The molecule has 1 aromatic rings. The standard InChI is InChI=1S/C14H17F2NO/c1-9(2)12-7-17(8-13(12)16)14(18)10-3-5-11(15)6-4-10/h3-6,9,12-13H,7-8H2,1-2H3/t12?,13-/m0/s1. The van der Waals surface area contributed by atoms with Gasteiger partial charge in [0.1, 0.15) is 12.0 Å². The van der Waals surface area contributed by atoms with E-state index in [0.29, 0.717) is 12.1 Å². The first-order valence-corrected chi connectivity index (χ1v) is 6.18. The summed E-state index contributed by atoms with van der Waals surface area (Å²) >= 11 is 0. The van der Waals surface area contributed by atoms with Crippen molar-refractivity contribution in [2.75, 3.05) is 13.1 Å². The van der Waals surface area contributed by atoms with Gasteiger partial charge in [0.15, 0.2) is 0 Å². The summed E-state index contributed by atoms with van der Waals surface area (Å²) in [5.41, 5.74) is 0.410. The highest BCUT2D eigenvalue weighted by atomic mass is 19.1. The second-order valence-corrected chi connectivity index (χ2v) is 5.14. The number of amides is 1. The van der Waals surface area contributed by atoms with Gasteiger partial charge in [-0.2, -0.15) is 0 Å². The fraction of sp³-hybridized carbons (Fsp3) is 0.500. The molecular weight excluding hydrogens is 236 g/mol. The largest absolute Gasteiger partial charge is 0.335 e. The van der Waals surface area contributed by atoms with Crippen molar-refractivity contribution in [3.8, 4) is 0 Å². The lowest BCUT2D eigenvalue weighted by Gasteiger charge is -2.17. The van der Waals surface area contributed by atoms with Crippen LogP contribution in [0.1, 0.15) is 24.2 Å². The fourth-order valence-electron chi connectivity index (χ4n) is 2.36. The van der Waals surface area contributed by atoms with Crippen LogP contribution in [0.2, 0.25) is 0 Å². The molecule has 1 amide bonds. The molecule has 1 aromatic carbocycles. The smallest absolute Gasteiger partial charge is 0.253 e. The number of hydrogen-bond donors (Lipinski definition) is 0. The monoisotopic (exact) mass is 253 g/mol. The van der Waals surface area contributed by atoms with Gasteiger partial charge in [-0.15, -0.1) is 0 Å². The van der Waals surface area contributed by atoms with Crippen molar-refractivity contribution in [3.05, 3.63) is 35.6 Å². The van der Waals surface area contributed by atoms with Crippen molar-refractivity contribution in [2.24, 2.45) is 11.8 Å². The van der Waals surface area contributed by atoms with E-state index in [1.54, 1.807) is 0 Å². The van der Waals surface area contributed by atoms with E-state index < -0.39 is 6.17 Å². The van der Waals surface area contributed by atoms with E-state index in [-0.39, 0.29) is 30.1 Å². The van der Waals surface area contributed by atoms with Gasteiger partial charge in [0.2, 0.25) is 0 Å². The van der Waals surface area contributed by atoms with Crippen LogP contribution in [-0.2, 0) is 0 Å². The van der Waals surface area contributed by atoms with Crippen molar-refractivity contribution in [3.63, 3.8) is 0 Å². The van der Waals surface area contributed by atoms with Crippen LogP contribution < -0.4 is 0 Å². The van der Waals surface area contributed by atoms with E-state index in [0.717, 1.165) is 0 Å². The third-order valence-corrected chi connectivity index (χ3v) is 3.53. The highest BCUT2D eigenvalue weighted by Crippen LogP contribution is 2.27. The molecule has 0 bridgehead atoms. The van der Waals surface area contributed by atoms with Crippen LogP contribution in [0.5, 0.6) is 0 Å². The molecule has 0 aromatic heterocycles. The number of carbonyl (C=O) groups excluding carboxylic acids is 1. The number of likely N-dealkylation sites (tertiary alicyclic amines) is 1. The summed E-state index contributed by atoms with van der Waals surface area (Å²) in [6.07, 6.45) is -0.964. The van der Waals surface area contributed by atoms with E-state index in [1.807, 2.05) is 13.8 Å². The van der Waals surface area contributed by atoms with Crippen LogP contribution in [0, 0.1) is 17.7 Å². The minimum atomic E-state index is -0.964. The lowest BCUT2D eigenvalue weighted by molar-refractivity contribution is 0.0779. The Morgan fingerprint density at radius 2 is 1.89 bits per heavy atom. The average molecular weight is 253 g/mol. The number of nitrogens with zero attached hydrogens (tertiary/aromatic N) is 1. The summed E-state index contributed by atoms with van der Waals surface area (Å²) in [6, 6.07) is 5.37. The number of hydrogen-bond acceptors (Lipinski definition) is 1. The number of rotatable bonds is 2. The Labute approximate surface area is 106 Å². The Balaban J connectivity index is 2.09. The molecule has 1 aliphatic heterocycles. The molecule has 1 heterocycles. The molecule has 2 nitrogen and oxygen atoms in total. The minimum absolute atomic E-state index is 0.102. The molecule has 18 heavy (non-hydrogen) atoms. The van der Waals surface area contributed by atoms with Gasteiger partial charge in [0.05, 0.1) is 6.54 Å². The molecule has 2 rings (SSSR count). The Bertz CT molecular complexity index is 430. The van der Waals surface area contributed by atoms with Crippen LogP contribution in [0.15, 0.2) is 24.3 Å². The Hall–Kier alpha value is -1.45. The van der Waals surface area contributed by atoms with Crippen molar-refractivity contribution < 1.29 is 13.6 Å². The van der Waals surface area contributed by atoms with Gasteiger partial charge >= 0.3 is 0 Å². The maximum atomic E-state index is 13.8. The molecule has 1 fully saturated rings. The Morgan fingerprint density at radius 3 is 2.39 bits per heavy atom. The van der Waals surface area contributed by atoms with E-state index in [2.05, 4.69) is 0 Å². The molecule has 0 aliphatic carbocycles. The van der Waals surface area contributed by atoms with Crippen molar-refractivity contribution in [1.29, 1.82) is 0 Å². The molecule has 0 spiro atoms. The molecule has 2 atom stereocenters. The third-order valence-electron chi connectivity index (χ3n) is 3.53. The lowest BCUT2D eigenvalue weighted by atomic mass is 9.94. The highest BCUT2D eigenvalue weighted by Gasteiger charge is 2.37. The van der Waals surface area contributed by atoms with Gasteiger partial charge in [-0.25, -0.2) is 8.78 Å². The number of benzene rings is 1.